The average Bonchev–Trinajstić information content (AvgIpc) is 3.30. The molecule has 0 unspecified atom stereocenters. The number of hydrogen-bond acceptors (Lipinski definition) is 0. The molecule has 0 aromatic heterocycles. The van der Waals surface area contributed by atoms with Crippen molar-refractivity contribution < 1.29 is 0 Å². The van der Waals surface area contributed by atoms with Gasteiger partial charge in [0.15, 0.2) is 0 Å². The average molecular weight is 735 g/mol. The summed E-state index contributed by atoms with van der Waals surface area (Å²) in [7, 11) is 0. The van der Waals surface area contributed by atoms with Crippen LogP contribution < -0.4 is 0 Å². The zero-order chi connectivity index (χ0) is 38.4. The van der Waals surface area contributed by atoms with Gasteiger partial charge in [-0.2, -0.15) is 0 Å². The van der Waals surface area contributed by atoms with E-state index in [9.17, 15) is 0 Å². The Kier molecular flexibility index (Phi) is 8.26. The molecule has 0 saturated carbocycles. The highest BCUT2D eigenvalue weighted by Gasteiger charge is 2.19. The number of hydrogen-bond donors (Lipinski definition) is 0. The molecule has 270 valence electrons. The highest BCUT2D eigenvalue weighted by molar-refractivity contribution is 6.22. The fourth-order valence-electron chi connectivity index (χ4n) is 9.27. The molecule has 0 bridgehead atoms. The molecule has 0 heterocycles. The molecular weight excluding hydrogens is 697 g/mol. The second-order valence-electron chi connectivity index (χ2n) is 15.1. The molecule has 11 aromatic carbocycles. The summed E-state index contributed by atoms with van der Waals surface area (Å²) in [6, 6.07) is 84.5. The second-order valence-corrected chi connectivity index (χ2v) is 15.1. The summed E-state index contributed by atoms with van der Waals surface area (Å²) >= 11 is 0. The third kappa shape index (κ3) is 5.69. The minimum absolute atomic E-state index is 1.21. The first-order valence-electron chi connectivity index (χ1n) is 20.1. The van der Waals surface area contributed by atoms with Crippen LogP contribution in [0.1, 0.15) is 0 Å². The van der Waals surface area contributed by atoms with Crippen molar-refractivity contribution in [2.45, 2.75) is 0 Å². The van der Waals surface area contributed by atoms with Crippen molar-refractivity contribution in [3.05, 3.63) is 231 Å². The smallest absolute Gasteiger partial charge is 0.00262 e. The summed E-state index contributed by atoms with van der Waals surface area (Å²) in [5.41, 5.74) is 14.8. The van der Waals surface area contributed by atoms with E-state index in [0.29, 0.717) is 0 Å². The standard InChI is InChI=1S/C58H38/c1-3-16-39(17-4-1)49-36-34-41-19-8-10-25-48(41)57(49)45-22-15-23-46(38-45)58-53-28-13-11-26-51(53)56(52-27-12-14-29-54(52)58)44-32-30-42(31-33-44)50-37-35-40-18-7-9-24-47(40)55(50)43-20-5-2-6-21-43/h1-38H. The van der Waals surface area contributed by atoms with E-state index in [-0.39, 0.29) is 0 Å². The first kappa shape index (κ1) is 33.8. The Balaban J connectivity index is 1.09. The molecule has 0 amide bonds. The maximum Gasteiger partial charge on any atom is -0.00262 e. The Morgan fingerprint density at radius 2 is 0.500 bits per heavy atom. The van der Waals surface area contributed by atoms with E-state index >= 15 is 0 Å². The van der Waals surface area contributed by atoms with Crippen LogP contribution in [0.15, 0.2) is 231 Å². The molecule has 11 rings (SSSR count). The molecule has 0 aliphatic heterocycles. The molecule has 0 atom stereocenters. The van der Waals surface area contributed by atoms with Crippen LogP contribution in [0.2, 0.25) is 0 Å². The van der Waals surface area contributed by atoms with Crippen molar-refractivity contribution in [2.24, 2.45) is 0 Å². The van der Waals surface area contributed by atoms with Crippen molar-refractivity contribution in [1.82, 2.24) is 0 Å². The van der Waals surface area contributed by atoms with Crippen molar-refractivity contribution in [2.75, 3.05) is 0 Å². The number of benzene rings is 11. The molecule has 0 aliphatic carbocycles. The molecule has 0 N–H and O–H groups in total. The molecule has 0 spiro atoms. The van der Waals surface area contributed by atoms with Gasteiger partial charge in [-0.25, -0.2) is 0 Å². The Morgan fingerprint density at radius 3 is 1.02 bits per heavy atom. The van der Waals surface area contributed by atoms with E-state index in [1.165, 1.54) is 110 Å². The Bertz CT molecular complexity index is 3240. The van der Waals surface area contributed by atoms with Crippen LogP contribution in [0, 0.1) is 0 Å². The SMILES string of the molecule is c1ccc(-c2ccc3ccccc3c2-c2cccc(-c3c4ccccc4c(-c4ccc(-c5ccc6ccccc6c5-c5ccccc5)cc4)c4ccccc34)c2)cc1. The maximum absolute atomic E-state index is 2.41. The lowest BCUT2D eigenvalue weighted by molar-refractivity contribution is 1.60. The largest absolute Gasteiger partial charge is 0.0622 e. The minimum atomic E-state index is 1.21. The van der Waals surface area contributed by atoms with Crippen molar-refractivity contribution in [3.8, 4) is 66.8 Å². The van der Waals surface area contributed by atoms with Crippen LogP contribution in [-0.2, 0) is 0 Å². The zero-order valence-corrected chi connectivity index (χ0v) is 31.9. The lowest BCUT2D eigenvalue weighted by atomic mass is 9.84. The van der Waals surface area contributed by atoms with Crippen LogP contribution in [-0.4, -0.2) is 0 Å². The van der Waals surface area contributed by atoms with E-state index in [0.717, 1.165) is 0 Å². The Labute approximate surface area is 339 Å². The first-order chi connectivity index (χ1) is 28.8. The first-order valence-corrected chi connectivity index (χ1v) is 20.1. The van der Waals surface area contributed by atoms with Crippen molar-refractivity contribution >= 4 is 43.1 Å². The van der Waals surface area contributed by atoms with Gasteiger partial charge in [0.25, 0.3) is 0 Å². The van der Waals surface area contributed by atoms with Gasteiger partial charge in [-0.05, 0) is 116 Å². The van der Waals surface area contributed by atoms with Gasteiger partial charge < -0.3 is 0 Å². The minimum Gasteiger partial charge on any atom is -0.0622 e. The van der Waals surface area contributed by atoms with E-state index in [1.54, 1.807) is 0 Å². The topological polar surface area (TPSA) is 0 Å². The summed E-state index contributed by atoms with van der Waals surface area (Å²) in [4.78, 5) is 0. The summed E-state index contributed by atoms with van der Waals surface area (Å²) < 4.78 is 0. The fourth-order valence-corrected chi connectivity index (χ4v) is 9.27. The van der Waals surface area contributed by atoms with Gasteiger partial charge >= 0.3 is 0 Å². The van der Waals surface area contributed by atoms with Crippen LogP contribution >= 0.6 is 0 Å². The van der Waals surface area contributed by atoms with Crippen LogP contribution in [0.3, 0.4) is 0 Å². The van der Waals surface area contributed by atoms with Crippen molar-refractivity contribution in [1.29, 1.82) is 0 Å². The third-order valence-corrected chi connectivity index (χ3v) is 11.9. The molecular formula is C58H38. The maximum atomic E-state index is 2.41. The van der Waals surface area contributed by atoms with Gasteiger partial charge in [0, 0.05) is 0 Å². The highest BCUT2D eigenvalue weighted by Crippen LogP contribution is 2.46. The molecule has 0 saturated heterocycles. The molecule has 0 aliphatic rings. The molecule has 0 heteroatoms. The second kappa shape index (κ2) is 14.2. The predicted octanol–water partition coefficient (Wildman–Crippen LogP) is 16.3. The summed E-state index contributed by atoms with van der Waals surface area (Å²) in [5, 5.41) is 10.0. The monoisotopic (exact) mass is 734 g/mol. The zero-order valence-electron chi connectivity index (χ0n) is 31.9. The van der Waals surface area contributed by atoms with E-state index < -0.39 is 0 Å². The number of rotatable bonds is 6. The highest BCUT2D eigenvalue weighted by atomic mass is 14.2. The molecule has 58 heavy (non-hydrogen) atoms. The summed E-state index contributed by atoms with van der Waals surface area (Å²) in [6.45, 7) is 0. The predicted molar refractivity (Wildman–Crippen MR) is 249 cm³/mol. The van der Waals surface area contributed by atoms with Crippen LogP contribution in [0.4, 0.5) is 0 Å². The molecule has 0 nitrogen and oxygen atoms in total. The normalized spacial score (nSPS) is 11.4. The molecule has 0 radical (unpaired) electrons. The third-order valence-electron chi connectivity index (χ3n) is 11.9. The summed E-state index contributed by atoms with van der Waals surface area (Å²) in [6.07, 6.45) is 0. The van der Waals surface area contributed by atoms with Gasteiger partial charge in [0.05, 0.1) is 0 Å². The van der Waals surface area contributed by atoms with Crippen LogP contribution in [0.25, 0.3) is 110 Å². The van der Waals surface area contributed by atoms with E-state index in [4.69, 9.17) is 0 Å². The quantitative estimate of drug-likeness (QED) is 0.149. The molecule has 0 fully saturated rings. The van der Waals surface area contributed by atoms with Gasteiger partial charge in [-0.1, -0.05) is 224 Å². The van der Waals surface area contributed by atoms with Crippen LogP contribution in [0.5, 0.6) is 0 Å². The number of fused-ring (bicyclic) bond motifs is 4. The van der Waals surface area contributed by atoms with Gasteiger partial charge in [-0.3, -0.25) is 0 Å². The lowest BCUT2D eigenvalue weighted by Gasteiger charge is -2.19. The van der Waals surface area contributed by atoms with E-state index in [2.05, 4.69) is 231 Å². The van der Waals surface area contributed by atoms with Gasteiger partial charge in [0.2, 0.25) is 0 Å². The fraction of sp³-hybridized carbons (Fsp3) is 0. The Hall–Kier alpha value is -7.54. The molecule has 11 aromatic rings. The lowest BCUT2D eigenvalue weighted by Crippen LogP contribution is -1.92. The van der Waals surface area contributed by atoms with Gasteiger partial charge in [0.1, 0.15) is 0 Å². The Morgan fingerprint density at radius 1 is 0.172 bits per heavy atom. The van der Waals surface area contributed by atoms with Gasteiger partial charge in [-0.15, -0.1) is 0 Å². The summed E-state index contributed by atoms with van der Waals surface area (Å²) in [5.74, 6) is 0. The van der Waals surface area contributed by atoms with E-state index in [1.807, 2.05) is 0 Å². The van der Waals surface area contributed by atoms with Crippen molar-refractivity contribution in [3.63, 3.8) is 0 Å².